The third kappa shape index (κ3) is 3.46. The van der Waals surface area contributed by atoms with E-state index in [2.05, 4.69) is 0 Å². The Hall–Kier alpha value is -2.22. The highest BCUT2D eigenvalue weighted by Gasteiger charge is 2.37. The van der Waals surface area contributed by atoms with Crippen molar-refractivity contribution in [2.45, 2.75) is 10.4 Å². The van der Waals surface area contributed by atoms with Crippen LogP contribution in [0.15, 0.2) is 53.4 Å². The summed E-state index contributed by atoms with van der Waals surface area (Å²) >= 11 is 0. The van der Waals surface area contributed by atoms with E-state index in [4.69, 9.17) is 0 Å². The van der Waals surface area contributed by atoms with Crippen molar-refractivity contribution in [3.63, 3.8) is 0 Å². The van der Waals surface area contributed by atoms with Gasteiger partial charge in [-0.25, -0.2) is 4.21 Å². The lowest BCUT2D eigenvalue weighted by atomic mass is 10.1. The maximum Gasteiger partial charge on any atom is 0.475 e. The molecule has 0 aliphatic rings. The minimum absolute atomic E-state index is 0.0754. The van der Waals surface area contributed by atoms with Crippen molar-refractivity contribution in [1.82, 2.24) is 0 Å². The predicted octanol–water partition coefficient (Wildman–Crippen LogP) is 3.89. The Morgan fingerprint density at radius 2 is 1.33 bits per heavy atom. The van der Waals surface area contributed by atoms with Crippen LogP contribution < -0.4 is 0 Å². The van der Waals surface area contributed by atoms with Gasteiger partial charge in [-0.2, -0.15) is 13.2 Å². The van der Waals surface area contributed by atoms with Gasteiger partial charge in [0.2, 0.25) is 0 Å². The van der Waals surface area contributed by atoms with E-state index in [1.165, 1.54) is 36.4 Å². The zero-order chi connectivity index (χ0) is 15.6. The number of rotatable bonds is 3. The fourth-order valence-corrected chi connectivity index (χ4v) is 2.33. The Labute approximate surface area is 119 Å². The van der Waals surface area contributed by atoms with Crippen LogP contribution in [-0.4, -0.2) is 14.6 Å². The van der Waals surface area contributed by atoms with E-state index < -0.39 is 21.2 Å². The van der Waals surface area contributed by atoms with Crippen LogP contribution in [-0.2, 0) is 10.8 Å². The van der Waals surface area contributed by atoms with E-state index >= 15 is 0 Å². The van der Waals surface area contributed by atoms with Crippen LogP contribution in [0.5, 0.6) is 0 Å². The number of hydrogen-bond donors (Lipinski definition) is 0. The smallest absolute Gasteiger partial charge is 0.258 e. The van der Waals surface area contributed by atoms with Crippen LogP contribution in [0.3, 0.4) is 0 Å². The third-order valence-corrected chi connectivity index (χ3v) is 3.81. The molecule has 110 valence electrons. The molecule has 0 bridgehead atoms. The van der Waals surface area contributed by atoms with Crippen molar-refractivity contribution < 1.29 is 22.3 Å². The summed E-state index contributed by atoms with van der Waals surface area (Å²) < 4.78 is 48.1. The summed E-state index contributed by atoms with van der Waals surface area (Å²) in [4.78, 5) is 9.65. The van der Waals surface area contributed by atoms with Crippen molar-refractivity contribution in [1.29, 1.82) is 0 Å². The van der Waals surface area contributed by atoms with Gasteiger partial charge in [0.15, 0.2) is 10.8 Å². The maximum atomic E-state index is 12.3. The number of non-ortho nitro benzene ring substituents is 1. The van der Waals surface area contributed by atoms with Crippen molar-refractivity contribution in [2.24, 2.45) is 0 Å². The highest BCUT2D eigenvalue weighted by molar-refractivity contribution is 7.86. The number of alkyl halides is 3. The van der Waals surface area contributed by atoms with Gasteiger partial charge in [0.1, 0.15) is 0 Å². The van der Waals surface area contributed by atoms with Crippen molar-refractivity contribution in [3.8, 4) is 11.1 Å². The minimum atomic E-state index is -4.80. The second kappa shape index (κ2) is 5.65. The van der Waals surface area contributed by atoms with Crippen LogP contribution in [0.2, 0.25) is 0 Å². The molecule has 0 fully saturated rings. The highest BCUT2D eigenvalue weighted by atomic mass is 32.2. The number of halogens is 3. The topological polar surface area (TPSA) is 60.2 Å². The molecule has 0 N–H and O–H groups in total. The monoisotopic (exact) mass is 315 g/mol. The van der Waals surface area contributed by atoms with Crippen LogP contribution in [0.1, 0.15) is 0 Å². The van der Waals surface area contributed by atoms with Gasteiger partial charge in [-0.05, 0) is 35.4 Å². The number of benzene rings is 2. The SMILES string of the molecule is O=[N+]([O-])c1ccc(-c2ccc(S(=O)C(F)(F)F)cc2)cc1. The molecule has 21 heavy (non-hydrogen) atoms. The van der Waals surface area contributed by atoms with E-state index in [9.17, 15) is 27.5 Å². The van der Waals surface area contributed by atoms with Gasteiger partial charge in [0, 0.05) is 17.0 Å². The molecule has 0 heterocycles. The zero-order valence-electron chi connectivity index (χ0n) is 10.3. The Bertz CT molecular complexity index is 681. The van der Waals surface area contributed by atoms with Crippen LogP contribution >= 0.6 is 0 Å². The molecule has 0 aliphatic carbocycles. The lowest BCUT2D eigenvalue weighted by Gasteiger charge is -2.07. The van der Waals surface area contributed by atoms with Gasteiger partial charge >= 0.3 is 5.51 Å². The molecule has 2 aromatic carbocycles. The second-order valence-corrected chi connectivity index (χ2v) is 5.51. The van der Waals surface area contributed by atoms with Gasteiger partial charge in [-0.1, -0.05) is 12.1 Å². The quantitative estimate of drug-likeness (QED) is 0.638. The molecule has 2 aromatic rings. The summed E-state index contributed by atoms with van der Waals surface area (Å²) in [5, 5.41) is 10.5. The molecule has 1 atom stereocenters. The number of nitrogens with zero attached hydrogens (tertiary/aromatic N) is 1. The average molecular weight is 315 g/mol. The fourth-order valence-electron chi connectivity index (χ4n) is 1.68. The van der Waals surface area contributed by atoms with Gasteiger partial charge in [-0.3, -0.25) is 10.1 Å². The van der Waals surface area contributed by atoms with E-state index in [0.717, 1.165) is 12.1 Å². The molecule has 0 saturated carbocycles. The Morgan fingerprint density at radius 1 is 0.905 bits per heavy atom. The largest absolute Gasteiger partial charge is 0.475 e. The van der Waals surface area contributed by atoms with Gasteiger partial charge < -0.3 is 0 Å². The molecule has 1 unspecified atom stereocenters. The first-order chi connectivity index (χ1) is 9.79. The van der Waals surface area contributed by atoms with E-state index in [1.54, 1.807) is 0 Å². The summed E-state index contributed by atoms with van der Waals surface area (Å²) in [6.45, 7) is 0. The molecule has 8 heteroatoms. The minimum Gasteiger partial charge on any atom is -0.258 e. The number of nitro benzene ring substituents is 1. The van der Waals surface area contributed by atoms with Gasteiger partial charge in [0.05, 0.1) is 4.92 Å². The molecule has 2 rings (SSSR count). The zero-order valence-corrected chi connectivity index (χ0v) is 11.1. The van der Waals surface area contributed by atoms with Crippen molar-refractivity contribution in [2.75, 3.05) is 0 Å². The predicted molar refractivity (Wildman–Crippen MR) is 71.0 cm³/mol. The van der Waals surface area contributed by atoms with Crippen molar-refractivity contribution >= 4 is 16.5 Å². The van der Waals surface area contributed by atoms with Crippen LogP contribution in [0.25, 0.3) is 11.1 Å². The molecule has 4 nitrogen and oxygen atoms in total. The Morgan fingerprint density at radius 3 is 1.71 bits per heavy atom. The lowest BCUT2D eigenvalue weighted by molar-refractivity contribution is -0.384. The van der Waals surface area contributed by atoms with Crippen LogP contribution in [0, 0.1) is 10.1 Å². The first kappa shape index (κ1) is 15.2. The molecular formula is C13H8F3NO3S. The summed E-state index contributed by atoms with van der Waals surface area (Å²) in [7, 11) is -3.06. The molecule has 0 radical (unpaired) electrons. The second-order valence-electron chi connectivity index (χ2n) is 4.04. The normalized spacial score (nSPS) is 12.9. The van der Waals surface area contributed by atoms with Crippen molar-refractivity contribution in [3.05, 3.63) is 58.6 Å². The summed E-state index contributed by atoms with van der Waals surface area (Å²) in [6, 6.07) is 10.6. The molecule has 0 aromatic heterocycles. The van der Waals surface area contributed by atoms with E-state index in [1.807, 2.05) is 0 Å². The summed E-state index contributed by atoms with van der Waals surface area (Å²) in [5.74, 6) is 0. The Kier molecular flexibility index (Phi) is 4.08. The number of hydrogen-bond acceptors (Lipinski definition) is 3. The number of nitro groups is 1. The molecule has 0 saturated heterocycles. The van der Waals surface area contributed by atoms with E-state index in [0.29, 0.717) is 11.1 Å². The lowest BCUT2D eigenvalue weighted by Crippen LogP contribution is -2.16. The first-order valence-corrected chi connectivity index (χ1v) is 6.77. The summed E-state index contributed by atoms with van der Waals surface area (Å²) in [6.07, 6.45) is 0. The molecule has 0 spiro atoms. The molecule has 0 amide bonds. The standard InChI is InChI=1S/C13H8F3NO3S/c14-13(15,16)21(20)12-7-3-10(4-8-12)9-1-5-11(6-2-9)17(18)19/h1-8H. The first-order valence-electron chi connectivity index (χ1n) is 5.62. The Balaban J connectivity index is 2.27. The molecular weight excluding hydrogens is 307 g/mol. The third-order valence-electron chi connectivity index (χ3n) is 2.69. The molecule has 0 aliphatic heterocycles. The average Bonchev–Trinajstić information content (AvgIpc) is 2.46. The van der Waals surface area contributed by atoms with Gasteiger partial charge in [0.25, 0.3) is 5.69 Å². The fraction of sp³-hybridized carbons (Fsp3) is 0.0769. The van der Waals surface area contributed by atoms with Gasteiger partial charge in [-0.15, -0.1) is 0 Å². The summed E-state index contributed by atoms with van der Waals surface area (Å²) in [5.41, 5.74) is -3.68. The van der Waals surface area contributed by atoms with E-state index in [-0.39, 0.29) is 10.6 Å². The maximum absolute atomic E-state index is 12.3. The van der Waals surface area contributed by atoms with Crippen LogP contribution in [0.4, 0.5) is 18.9 Å². The highest BCUT2D eigenvalue weighted by Crippen LogP contribution is 2.28.